The Bertz CT molecular complexity index is 1020. The van der Waals surface area contributed by atoms with E-state index in [0.717, 1.165) is 5.56 Å². The number of ether oxygens (including phenoxy) is 2. The van der Waals surface area contributed by atoms with Gasteiger partial charge in [-0.05, 0) is 36.8 Å². The van der Waals surface area contributed by atoms with Gasteiger partial charge in [-0.25, -0.2) is 9.79 Å². The van der Waals surface area contributed by atoms with Crippen LogP contribution in [0.4, 0.5) is 0 Å². The lowest BCUT2D eigenvalue weighted by molar-refractivity contribution is -0.137. The molecule has 1 amide bonds. The number of hydrogen-bond acceptors (Lipinski definition) is 6. The van der Waals surface area contributed by atoms with Gasteiger partial charge in [-0.1, -0.05) is 42.1 Å². The number of para-hydroxylation sites is 1. The van der Waals surface area contributed by atoms with Gasteiger partial charge in [0.15, 0.2) is 5.17 Å². The average Bonchev–Trinajstić information content (AvgIpc) is 2.73. The maximum atomic E-state index is 12.8. The summed E-state index contributed by atoms with van der Waals surface area (Å²) in [7, 11) is 1.33. The highest BCUT2D eigenvalue weighted by molar-refractivity contribution is 8.14. The van der Waals surface area contributed by atoms with Gasteiger partial charge in [0.25, 0.3) is 0 Å². The Labute approximate surface area is 173 Å². The van der Waals surface area contributed by atoms with E-state index in [2.05, 4.69) is 4.99 Å². The number of methoxy groups -OCH3 is 1. The van der Waals surface area contributed by atoms with E-state index in [-0.39, 0.29) is 5.91 Å². The van der Waals surface area contributed by atoms with Crippen LogP contribution in [0.25, 0.3) is 0 Å². The molecule has 2 heterocycles. The minimum absolute atomic E-state index is 0.0595. The van der Waals surface area contributed by atoms with E-state index < -0.39 is 12.0 Å². The molecule has 0 bridgehead atoms. The van der Waals surface area contributed by atoms with Crippen LogP contribution in [0.1, 0.15) is 24.9 Å². The van der Waals surface area contributed by atoms with Crippen LogP contribution in [0, 0.1) is 0 Å². The van der Waals surface area contributed by atoms with Crippen LogP contribution in [0.3, 0.4) is 0 Å². The first-order valence-electron chi connectivity index (χ1n) is 9.24. The minimum atomic E-state index is -0.602. The van der Waals surface area contributed by atoms with Crippen molar-refractivity contribution in [1.29, 1.82) is 0 Å². The zero-order valence-electron chi connectivity index (χ0n) is 16.1. The summed E-state index contributed by atoms with van der Waals surface area (Å²) in [5.74, 6) is 1.46. The molecule has 29 heavy (non-hydrogen) atoms. The van der Waals surface area contributed by atoms with Gasteiger partial charge >= 0.3 is 5.97 Å². The van der Waals surface area contributed by atoms with Gasteiger partial charge in [0.2, 0.25) is 5.91 Å². The van der Waals surface area contributed by atoms with Crippen molar-refractivity contribution in [1.82, 2.24) is 4.90 Å². The molecule has 2 aromatic rings. The molecule has 7 heteroatoms. The van der Waals surface area contributed by atoms with Gasteiger partial charge in [-0.15, -0.1) is 0 Å². The standard InChI is InChI=1S/C22H20N2O4S/c1-14-19(21(26)27-2)20(24-18(25)11-12-29-22(24)23-14)15-7-6-10-17(13-15)28-16-8-4-3-5-9-16/h3-10,13,20H,11-12H2,1-2H3. The summed E-state index contributed by atoms with van der Waals surface area (Å²) in [5.41, 5.74) is 1.69. The molecule has 0 N–H and O–H groups in total. The van der Waals surface area contributed by atoms with E-state index in [1.54, 1.807) is 11.8 Å². The maximum absolute atomic E-state index is 12.8. The van der Waals surface area contributed by atoms with E-state index in [4.69, 9.17) is 9.47 Å². The Balaban J connectivity index is 1.78. The second-order valence-corrected chi connectivity index (χ2v) is 7.70. The van der Waals surface area contributed by atoms with Crippen LogP contribution in [-0.4, -0.2) is 34.8 Å². The van der Waals surface area contributed by atoms with Gasteiger partial charge in [0.05, 0.1) is 24.4 Å². The molecular formula is C22H20N2O4S. The van der Waals surface area contributed by atoms with Crippen LogP contribution in [0.5, 0.6) is 11.5 Å². The molecule has 2 aromatic carbocycles. The number of benzene rings is 2. The second-order valence-electron chi connectivity index (χ2n) is 6.64. The smallest absolute Gasteiger partial charge is 0.338 e. The molecule has 1 unspecified atom stereocenters. The normalized spacial score (nSPS) is 18.8. The van der Waals surface area contributed by atoms with E-state index >= 15 is 0 Å². The summed E-state index contributed by atoms with van der Waals surface area (Å²) in [4.78, 5) is 31.5. The Hall–Kier alpha value is -3.06. The minimum Gasteiger partial charge on any atom is -0.466 e. The number of aliphatic imine (C=N–C) groups is 1. The highest BCUT2D eigenvalue weighted by Gasteiger charge is 2.41. The summed E-state index contributed by atoms with van der Waals surface area (Å²) in [6.45, 7) is 1.77. The fourth-order valence-electron chi connectivity index (χ4n) is 3.46. The molecule has 1 fully saturated rings. The number of thioether (sulfide) groups is 1. The van der Waals surface area contributed by atoms with E-state index in [0.29, 0.717) is 40.1 Å². The lowest BCUT2D eigenvalue weighted by atomic mass is 9.94. The Morgan fingerprint density at radius 1 is 1.14 bits per heavy atom. The summed E-state index contributed by atoms with van der Waals surface area (Å²) in [5, 5.41) is 0.616. The molecule has 2 aliphatic rings. The first kappa shape index (κ1) is 19.3. The van der Waals surface area contributed by atoms with Crippen molar-refractivity contribution in [2.45, 2.75) is 19.4 Å². The number of carbonyl (C=O) groups excluding carboxylic acids is 2. The topological polar surface area (TPSA) is 68.2 Å². The van der Waals surface area contributed by atoms with Crippen LogP contribution in [0.15, 0.2) is 70.9 Å². The van der Waals surface area contributed by atoms with Crippen LogP contribution >= 0.6 is 11.8 Å². The van der Waals surface area contributed by atoms with Gasteiger partial charge in [-0.3, -0.25) is 9.69 Å². The number of allylic oxidation sites excluding steroid dienone is 1. The van der Waals surface area contributed by atoms with Gasteiger partial charge in [0.1, 0.15) is 11.5 Å². The molecular weight excluding hydrogens is 388 g/mol. The number of nitrogens with zero attached hydrogens (tertiary/aromatic N) is 2. The lowest BCUT2D eigenvalue weighted by Crippen LogP contribution is -2.45. The van der Waals surface area contributed by atoms with Crippen molar-refractivity contribution in [3.8, 4) is 11.5 Å². The number of rotatable bonds is 4. The van der Waals surface area contributed by atoms with E-state index in [9.17, 15) is 9.59 Å². The Morgan fingerprint density at radius 3 is 2.66 bits per heavy atom. The third-order valence-corrected chi connectivity index (χ3v) is 5.72. The predicted molar refractivity (Wildman–Crippen MR) is 112 cm³/mol. The molecule has 4 rings (SSSR count). The highest BCUT2D eigenvalue weighted by Crippen LogP contribution is 2.41. The van der Waals surface area contributed by atoms with Gasteiger partial charge in [0, 0.05) is 12.2 Å². The SMILES string of the molecule is COC(=O)C1=C(C)N=C2SCCC(=O)N2C1c1cccc(Oc2ccccc2)c1. The van der Waals surface area contributed by atoms with Gasteiger partial charge < -0.3 is 9.47 Å². The van der Waals surface area contributed by atoms with E-state index in [1.807, 2.05) is 54.6 Å². The number of amidine groups is 1. The van der Waals surface area contributed by atoms with Crippen LogP contribution in [-0.2, 0) is 14.3 Å². The summed E-state index contributed by atoms with van der Waals surface area (Å²) in [6, 6.07) is 16.3. The summed E-state index contributed by atoms with van der Waals surface area (Å²) < 4.78 is 11.0. The first-order chi connectivity index (χ1) is 14.1. The number of fused-ring (bicyclic) bond motifs is 1. The molecule has 6 nitrogen and oxygen atoms in total. The molecule has 0 saturated carbocycles. The Kier molecular flexibility index (Phi) is 5.40. The molecule has 1 atom stereocenters. The van der Waals surface area contributed by atoms with Crippen molar-refractivity contribution in [2.24, 2.45) is 4.99 Å². The average molecular weight is 408 g/mol. The first-order valence-corrected chi connectivity index (χ1v) is 10.2. The number of carbonyl (C=O) groups is 2. The second kappa shape index (κ2) is 8.13. The fraction of sp³-hybridized carbons (Fsp3) is 0.227. The van der Waals surface area contributed by atoms with Crippen molar-refractivity contribution < 1.29 is 19.1 Å². The van der Waals surface area contributed by atoms with Crippen molar-refractivity contribution in [2.75, 3.05) is 12.9 Å². The monoisotopic (exact) mass is 408 g/mol. The molecule has 2 aliphatic heterocycles. The molecule has 0 radical (unpaired) electrons. The zero-order chi connectivity index (χ0) is 20.4. The number of hydrogen-bond donors (Lipinski definition) is 0. The molecule has 1 saturated heterocycles. The molecule has 0 aromatic heterocycles. The summed E-state index contributed by atoms with van der Waals surface area (Å²) >= 11 is 1.52. The van der Waals surface area contributed by atoms with Crippen LogP contribution < -0.4 is 4.74 Å². The summed E-state index contributed by atoms with van der Waals surface area (Å²) in [6.07, 6.45) is 0.397. The number of amides is 1. The molecule has 0 aliphatic carbocycles. The Morgan fingerprint density at radius 2 is 1.90 bits per heavy atom. The third kappa shape index (κ3) is 3.78. The van der Waals surface area contributed by atoms with Crippen molar-refractivity contribution in [3.05, 3.63) is 71.4 Å². The molecule has 0 spiro atoms. The molecule has 148 valence electrons. The van der Waals surface area contributed by atoms with E-state index in [1.165, 1.54) is 18.9 Å². The third-order valence-electron chi connectivity index (χ3n) is 4.76. The van der Waals surface area contributed by atoms with Gasteiger partial charge in [-0.2, -0.15) is 0 Å². The highest BCUT2D eigenvalue weighted by atomic mass is 32.2. The maximum Gasteiger partial charge on any atom is 0.338 e. The lowest BCUT2D eigenvalue weighted by Gasteiger charge is -2.38. The largest absolute Gasteiger partial charge is 0.466 e. The fourth-order valence-corrected chi connectivity index (χ4v) is 4.46. The quantitative estimate of drug-likeness (QED) is 0.706. The predicted octanol–water partition coefficient (Wildman–Crippen LogP) is 4.30. The zero-order valence-corrected chi connectivity index (χ0v) is 16.9. The van der Waals surface area contributed by atoms with Crippen molar-refractivity contribution >= 4 is 28.8 Å². The van der Waals surface area contributed by atoms with Crippen molar-refractivity contribution in [3.63, 3.8) is 0 Å². The number of esters is 1. The van der Waals surface area contributed by atoms with Crippen LogP contribution in [0.2, 0.25) is 0 Å².